The predicted octanol–water partition coefficient (Wildman–Crippen LogP) is 2.18. The van der Waals surface area contributed by atoms with Gasteiger partial charge in [-0.3, -0.25) is 9.59 Å². The lowest BCUT2D eigenvalue weighted by molar-refractivity contribution is -0.139. The van der Waals surface area contributed by atoms with Crippen LogP contribution in [0.4, 0.5) is 0 Å². The molecule has 0 bridgehead atoms. The van der Waals surface area contributed by atoms with Crippen molar-refractivity contribution in [2.75, 3.05) is 19.8 Å². The molecule has 1 saturated heterocycles. The summed E-state index contributed by atoms with van der Waals surface area (Å²) in [5.41, 5.74) is 0. The second-order valence-corrected chi connectivity index (χ2v) is 6.05. The molecule has 1 heterocycles. The summed E-state index contributed by atoms with van der Waals surface area (Å²) in [4.78, 5) is 26.1. The van der Waals surface area contributed by atoms with Crippen molar-refractivity contribution >= 4 is 11.7 Å². The number of rotatable bonds is 9. The smallest absolute Gasteiger partial charge is 0.225 e. The van der Waals surface area contributed by atoms with Gasteiger partial charge in [-0.2, -0.15) is 0 Å². The number of carbonyl (C=O) groups excluding carboxylic acids is 2. The van der Waals surface area contributed by atoms with E-state index in [1.54, 1.807) is 4.90 Å². The van der Waals surface area contributed by atoms with E-state index in [2.05, 4.69) is 0 Å². The summed E-state index contributed by atoms with van der Waals surface area (Å²) < 4.78 is 10.8. The fraction of sp³-hybridized carbons (Fsp3) is 0.875. The van der Waals surface area contributed by atoms with Crippen LogP contribution in [0.25, 0.3) is 0 Å². The van der Waals surface area contributed by atoms with Crippen LogP contribution in [0.2, 0.25) is 0 Å². The second kappa shape index (κ2) is 9.15. The van der Waals surface area contributed by atoms with Gasteiger partial charge in [0, 0.05) is 13.0 Å². The van der Waals surface area contributed by atoms with Crippen LogP contribution in [0.3, 0.4) is 0 Å². The molecule has 0 aromatic carbocycles. The van der Waals surface area contributed by atoms with Crippen LogP contribution < -0.4 is 0 Å². The van der Waals surface area contributed by atoms with Gasteiger partial charge < -0.3 is 14.4 Å². The van der Waals surface area contributed by atoms with Crippen molar-refractivity contribution in [3.63, 3.8) is 0 Å². The van der Waals surface area contributed by atoms with Crippen LogP contribution in [-0.4, -0.2) is 54.6 Å². The molecular formula is C16H29NO4. The van der Waals surface area contributed by atoms with Crippen LogP contribution in [0.15, 0.2) is 0 Å². The summed E-state index contributed by atoms with van der Waals surface area (Å²) in [5.74, 6) is 0.141. The van der Waals surface area contributed by atoms with Gasteiger partial charge in [-0.25, -0.2) is 0 Å². The van der Waals surface area contributed by atoms with Crippen LogP contribution in [-0.2, 0) is 19.1 Å². The molecule has 1 aliphatic rings. The molecule has 5 heteroatoms. The van der Waals surface area contributed by atoms with Gasteiger partial charge in [0.1, 0.15) is 0 Å². The summed E-state index contributed by atoms with van der Waals surface area (Å²) in [6.45, 7) is 9.33. The molecule has 0 radical (unpaired) electrons. The quantitative estimate of drug-likeness (QED) is 0.655. The summed E-state index contributed by atoms with van der Waals surface area (Å²) in [7, 11) is 0. The summed E-state index contributed by atoms with van der Waals surface area (Å²) in [6.07, 6.45) is 2.67. The van der Waals surface area contributed by atoms with E-state index in [0.29, 0.717) is 32.6 Å². The first-order valence-corrected chi connectivity index (χ1v) is 7.97. The third kappa shape index (κ3) is 6.57. The molecule has 5 nitrogen and oxygen atoms in total. The molecule has 122 valence electrons. The summed E-state index contributed by atoms with van der Waals surface area (Å²) in [5, 5.41) is 0. The first-order chi connectivity index (χ1) is 9.91. The lowest BCUT2D eigenvalue weighted by Crippen LogP contribution is -2.41. The van der Waals surface area contributed by atoms with Gasteiger partial charge in [-0.1, -0.05) is 0 Å². The largest absolute Gasteiger partial charge is 0.378 e. The lowest BCUT2D eigenvalue weighted by atomic mass is 10.1. The number of ketones is 1. The van der Waals surface area contributed by atoms with Crippen molar-refractivity contribution in [3.8, 4) is 0 Å². The molecule has 21 heavy (non-hydrogen) atoms. The van der Waals surface area contributed by atoms with E-state index in [-0.39, 0.29) is 29.9 Å². The third-order valence-corrected chi connectivity index (χ3v) is 3.51. The lowest BCUT2D eigenvalue weighted by Gasteiger charge is -2.24. The minimum atomic E-state index is -0.257. The second-order valence-electron chi connectivity index (χ2n) is 6.05. The Balaban J connectivity index is 2.39. The zero-order valence-corrected chi connectivity index (χ0v) is 13.8. The summed E-state index contributed by atoms with van der Waals surface area (Å²) in [6, 6.07) is -0.257. The van der Waals surface area contributed by atoms with Crippen molar-refractivity contribution < 1.29 is 19.1 Å². The number of hydrogen-bond donors (Lipinski definition) is 0. The molecule has 1 rings (SSSR count). The van der Waals surface area contributed by atoms with Crippen LogP contribution in [0.1, 0.15) is 53.4 Å². The van der Waals surface area contributed by atoms with Crippen molar-refractivity contribution in [2.45, 2.75) is 71.6 Å². The van der Waals surface area contributed by atoms with E-state index in [1.807, 2.05) is 27.7 Å². The Morgan fingerprint density at radius 2 is 1.62 bits per heavy atom. The Bertz CT molecular complexity index is 309. The Labute approximate surface area is 128 Å². The minimum absolute atomic E-state index is 0.0243. The highest BCUT2D eigenvalue weighted by molar-refractivity contribution is 5.89. The molecule has 0 aromatic heterocycles. The van der Waals surface area contributed by atoms with E-state index in [1.165, 1.54) is 0 Å². The fourth-order valence-electron chi connectivity index (χ4n) is 2.49. The maximum Gasteiger partial charge on any atom is 0.225 e. The molecular weight excluding hydrogens is 270 g/mol. The molecule has 0 spiro atoms. The maximum absolute atomic E-state index is 12.2. The number of hydrogen-bond acceptors (Lipinski definition) is 4. The average Bonchev–Trinajstić information content (AvgIpc) is 2.86. The standard InChI is InChI=1S/C16H29NO4/c1-12(2)20-10-7-15(18)14-6-5-9-17(14)16(19)8-11-21-13(3)4/h12-14H,5-11H2,1-4H3. The number of ether oxygens (including phenoxy) is 2. The summed E-state index contributed by atoms with van der Waals surface area (Å²) >= 11 is 0. The zero-order chi connectivity index (χ0) is 15.8. The predicted molar refractivity (Wildman–Crippen MR) is 81.2 cm³/mol. The van der Waals surface area contributed by atoms with E-state index in [4.69, 9.17) is 9.47 Å². The highest BCUT2D eigenvalue weighted by Gasteiger charge is 2.33. The van der Waals surface area contributed by atoms with E-state index in [0.717, 1.165) is 12.8 Å². The molecule has 0 saturated carbocycles. The fourth-order valence-corrected chi connectivity index (χ4v) is 2.49. The van der Waals surface area contributed by atoms with Gasteiger partial charge in [-0.15, -0.1) is 0 Å². The first kappa shape index (κ1) is 18.1. The van der Waals surface area contributed by atoms with Crippen molar-refractivity contribution in [1.82, 2.24) is 4.90 Å². The molecule has 0 aromatic rings. The van der Waals surface area contributed by atoms with Gasteiger partial charge in [-0.05, 0) is 40.5 Å². The average molecular weight is 299 g/mol. The number of likely N-dealkylation sites (tertiary alicyclic amines) is 1. The topological polar surface area (TPSA) is 55.8 Å². The van der Waals surface area contributed by atoms with Crippen molar-refractivity contribution in [1.29, 1.82) is 0 Å². The van der Waals surface area contributed by atoms with Gasteiger partial charge in [0.25, 0.3) is 0 Å². The van der Waals surface area contributed by atoms with Gasteiger partial charge in [0.05, 0.1) is 37.9 Å². The van der Waals surface area contributed by atoms with Crippen molar-refractivity contribution in [2.24, 2.45) is 0 Å². The normalized spacial score (nSPS) is 18.8. The first-order valence-electron chi connectivity index (χ1n) is 7.97. The van der Waals surface area contributed by atoms with Crippen LogP contribution in [0.5, 0.6) is 0 Å². The SMILES string of the molecule is CC(C)OCCC(=O)C1CCCN1C(=O)CCOC(C)C. The zero-order valence-electron chi connectivity index (χ0n) is 13.8. The number of Topliss-reactive ketones (excluding diaryl/α,β-unsaturated/α-hetero) is 1. The van der Waals surface area contributed by atoms with Crippen LogP contribution >= 0.6 is 0 Å². The molecule has 1 aliphatic heterocycles. The van der Waals surface area contributed by atoms with E-state index < -0.39 is 0 Å². The Kier molecular flexibility index (Phi) is 7.89. The van der Waals surface area contributed by atoms with Gasteiger partial charge in [0.2, 0.25) is 5.91 Å². The van der Waals surface area contributed by atoms with E-state index in [9.17, 15) is 9.59 Å². The molecule has 0 N–H and O–H groups in total. The van der Waals surface area contributed by atoms with Gasteiger partial charge >= 0.3 is 0 Å². The molecule has 1 unspecified atom stereocenters. The van der Waals surface area contributed by atoms with Gasteiger partial charge in [0.15, 0.2) is 5.78 Å². The number of nitrogens with zero attached hydrogens (tertiary/aromatic N) is 1. The number of carbonyl (C=O) groups is 2. The highest BCUT2D eigenvalue weighted by Crippen LogP contribution is 2.20. The molecule has 1 amide bonds. The monoisotopic (exact) mass is 299 g/mol. The van der Waals surface area contributed by atoms with Crippen molar-refractivity contribution in [3.05, 3.63) is 0 Å². The Morgan fingerprint density at radius 3 is 2.19 bits per heavy atom. The molecule has 0 aliphatic carbocycles. The maximum atomic E-state index is 12.2. The number of amides is 1. The Hall–Kier alpha value is -0.940. The third-order valence-electron chi connectivity index (χ3n) is 3.51. The highest BCUT2D eigenvalue weighted by atomic mass is 16.5. The Morgan fingerprint density at radius 1 is 1.05 bits per heavy atom. The van der Waals surface area contributed by atoms with E-state index >= 15 is 0 Å². The van der Waals surface area contributed by atoms with Crippen LogP contribution in [0, 0.1) is 0 Å². The minimum Gasteiger partial charge on any atom is -0.378 e. The molecule has 1 fully saturated rings. The molecule has 1 atom stereocenters.